The summed E-state index contributed by atoms with van der Waals surface area (Å²) >= 11 is 4.17. The van der Waals surface area contributed by atoms with Crippen molar-refractivity contribution in [2.24, 2.45) is 0 Å². The number of fused-ring (bicyclic) bond motifs is 1. The number of alkyl halides is 2. The predicted molar refractivity (Wildman–Crippen MR) is 132 cm³/mol. The van der Waals surface area contributed by atoms with Crippen molar-refractivity contribution in [1.29, 1.82) is 0 Å². The number of benzene rings is 1. The second-order valence-electron chi connectivity index (χ2n) is 8.73. The molecule has 1 aromatic carbocycles. The van der Waals surface area contributed by atoms with E-state index in [0.717, 1.165) is 17.5 Å². The van der Waals surface area contributed by atoms with E-state index in [1.54, 1.807) is 22.9 Å². The Morgan fingerprint density at radius 2 is 2.03 bits per heavy atom. The lowest BCUT2D eigenvalue weighted by molar-refractivity contribution is -0.132. The number of thiol groups is 1. The van der Waals surface area contributed by atoms with Gasteiger partial charge in [0, 0.05) is 25.1 Å². The molecule has 0 aliphatic carbocycles. The number of halogens is 2. The van der Waals surface area contributed by atoms with Gasteiger partial charge in [-0.05, 0) is 18.6 Å². The molecule has 1 fully saturated rings. The molecule has 10 nitrogen and oxygen atoms in total. The van der Waals surface area contributed by atoms with E-state index in [0.29, 0.717) is 42.0 Å². The van der Waals surface area contributed by atoms with E-state index in [4.69, 9.17) is 10.8 Å². The summed E-state index contributed by atoms with van der Waals surface area (Å²) in [5.74, 6) is -2.41. The van der Waals surface area contributed by atoms with Gasteiger partial charge in [0.2, 0.25) is 5.91 Å². The zero-order chi connectivity index (χ0) is 25.3. The van der Waals surface area contributed by atoms with Crippen molar-refractivity contribution in [3.63, 3.8) is 0 Å². The fourth-order valence-corrected chi connectivity index (χ4v) is 4.72. The maximum atomic E-state index is 14.8. The smallest absolute Gasteiger partial charge is 0.292 e. The summed E-state index contributed by atoms with van der Waals surface area (Å²) in [7, 11) is 0. The number of hydrogen-bond donors (Lipinski definition) is 2. The van der Waals surface area contributed by atoms with Crippen LogP contribution in [-0.4, -0.2) is 64.4 Å². The molecule has 0 spiro atoms. The fourth-order valence-electron chi connectivity index (χ4n) is 4.52. The summed E-state index contributed by atoms with van der Waals surface area (Å²) in [6.45, 7) is 0.471. The van der Waals surface area contributed by atoms with Crippen molar-refractivity contribution in [3.05, 3.63) is 48.4 Å². The number of rotatable bonds is 7. The van der Waals surface area contributed by atoms with Gasteiger partial charge in [-0.1, -0.05) is 35.5 Å². The Morgan fingerprint density at radius 1 is 1.22 bits per heavy atom. The summed E-state index contributed by atoms with van der Waals surface area (Å²) in [6, 6.07) is 7.43. The zero-order valence-electron chi connectivity index (χ0n) is 19.3. The third-order valence-corrected chi connectivity index (χ3v) is 6.50. The van der Waals surface area contributed by atoms with Crippen LogP contribution in [0.15, 0.2) is 42.9 Å². The molecule has 4 heterocycles. The minimum Gasteiger partial charge on any atom is -0.383 e. The van der Waals surface area contributed by atoms with Crippen LogP contribution in [0.4, 0.5) is 14.6 Å². The van der Waals surface area contributed by atoms with Crippen LogP contribution in [-0.2, 0) is 17.3 Å². The third-order valence-electron chi connectivity index (χ3n) is 6.28. The topological polar surface area (TPSA) is 121 Å². The molecule has 36 heavy (non-hydrogen) atoms. The molecule has 1 atom stereocenters. The minimum atomic E-state index is -3.14. The number of piperidine rings is 1. The number of aromatic nitrogens is 7. The van der Waals surface area contributed by atoms with Gasteiger partial charge in [-0.2, -0.15) is 26.5 Å². The van der Waals surface area contributed by atoms with Crippen LogP contribution in [0.5, 0.6) is 0 Å². The number of carbonyl (C=O) groups is 1. The van der Waals surface area contributed by atoms with E-state index in [-0.39, 0.29) is 29.0 Å². The number of amides is 1. The first kappa shape index (κ1) is 24.1. The summed E-state index contributed by atoms with van der Waals surface area (Å²) < 4.78 is 32.4. The number of anilines is 1. The SMILES string of the molecule is Nc1ncnc2c1c(-c1cn(CC(F)(F)c3ccccc3)nn1)nn2[C@@H]1CCCN(C(=O)CCS)C1. The van der Waals surface area contributed by atoms with Crippen molar-refractivity contribution in [3.8, 4) is 11.4 Å². The number of nitrogen functional groups attached to an aromatic ring is 1. The van der Waals surface area contributed by atoms with Gasteiger partial charge in [0.1, 0.15) is 30.1 Å². The molecule has 5 rings (SSSR count). The van der Waals surface area contributed by atoms with Crippen molar-refractivity contribution in [2.75, 3.05) is 24.6 Å². The van der Waals surface area contributed by atoms with Gasteiger partial charge < -0.3 is 10.6 Å². The molecule has 1 aliphatic heterocycles. The normalized spacial score (nSPS) is 16.5. The van der Waals surface area contributed by atoms with E-state index in [9.17, 15) is 13.6 Å². The summed E-state index contributed by atoms with van der Waals surface area (Å²) in [5, 5.41) is 13.2. The van der Waals surface area contributed by atoms with Crippen molar-refractivity contribution in [2.45, 2.75) is 37.8 Å². The number of likely N-dealkylation sites (tertiary alicyclic amines) is 1. The minimum absolute atomic E-state index is 0.0443. The predicted octanol–water partition coefficient (Wildman–Crippen LogP) is 2.94. The first-order valence-electron chi connectivity index (χ1n) is 11.6. The number of carbonyl (C=O) groups excluding carboxylic acids is 1. The molecule has 4 aromatic rings. The first-order valence-corrected chi connectivity index (χ1v) is 12.2. The van der Waals surface area contributed by atoms with Crippen LogP contribution in [0.1, 0.15) is 30.9 Å². The van der Waals surface area contributed by atoms with Crippen LogP contribution in [0.25, 0.3) is 22.4 Å². The lowest BCUT2D eigenvalue weighted by atomic mass is 10.1. The highest BCUT2D eigenvalue weighted by Crippen LogP contribution is 2.34. The molecule has 188 valence electrons. The highest BCUT2D eigenvalue weighted by molar-refractivity contribution is 7.80. The second-order valence-corrected chi connectivity index (χ2v) is 9.18. The second kappa shape index (κ2) is 9.80. The van der Waals surface area contributed by atoms with Crippen LogP contribution < -0.4 is 5.73 Å². The Bertz CT molecular complexity index is 1370. The van der Waals surface area contributed by atoms with Crippen LogP contribution in [0.2, 0.25) is 0 Å². The van der Waals surface area contributed by atoms with E-state index in [2.05, 4.69) is 32.9 Å². The highest BCUT2D eigenvalue weighted by atomic mass is 32.1. The average molecular weight is 514 g/mol. The van der Waals surface area contributed by atoms with Gasteiger partial charge in [-0.15, -0.1) is 5.10 Å². The Kier molecular flexibility index (Phi) is 6.56. The summed E-state index contributed by atoms with van der Waals surface area (Å²) in [6.07, 6.45) is 4.74. The maximum Gasteiger partial charge on any atom is 0.292 e. The van der Waals surface area contributed by atoms with E-state index < -0.39 is 12.5 Å². The lowest BCUT2D eigenvalue weighted by Crippen LogP contribution is -2.41. The van der Waals surface area contributed by atoms with E-state index in [1.807, 2.05) is 4.90 Å². The zero-order valence-corrected chi connectivity index (χ0v) is 20.2. The highest BCUT2D eigenvalue weighted by Gasteiger charge is 2.33. The number of nitrogens with two attached hydrogens (primary N) is 1. The summed E-state index contributed by atoms with van der Waals surface area (Å²) in [5.41, 5.74) is 7.21. The van der Waals surface area contributed by atoms with Gasteiger partial charge in [0.05, 0.1) is 17.6 Å². The molecular weight excluding hydrogens is 488 g/mol. The van der Waals surface area contributed by atoms with Gasteiger partial charge in [0.25, 0.3) is 5.92 Å². The molecule has 1 saturated heterocycles. The Labute approximate surface area is 210 Å². The molecule has 2 N–H and O–H groups in total. The van der Waals surface area contributed by atoms with Gasteiger partial charge in [0.15, 0.2) is 5.65 Å². The first-order chi connectivity index (χ1) is 17.4. The fraction of sp³-hybridized carbons (Fsp3) is 0.391. The molecule has 0 unspecified atom stereocenters. The third kappa shape index (κ3) is 4.62. The maximum absolute atomic E-state index is 14.8. The number of hydrogen-bond acceptors (Lipinski definition) is 8. The van der Waals surface area contributed by atoms with Gasteiger partial charge in [-0.3, -0.25) is 4.79 Å². The average Bonchev–Trinajstić information content (AvgIpc) is 3.50. The van der Waals surface area contributed by atoms with Crippen LogP contribution in [0.3, 0.4) is 0 Å². The van der Waals surface area contributed by atoms with Gasteiger partial charge >= 0.3 is 0 Å². The van der Waals surface area contributed by atoms with Crippen molar-refractivity contribution < 1.29 is 13.6 Å². The molecule has 3 aromatic heterocycles. The molecule has 0 saturated carbocycles. The number of nitrogens with zero attached hydrogens (tertiary/aromatic N) is 8. The molecule has 13 heteroatoms. The standard InChI is InChI=1S/C23H25F2N9OS/c24-23(25,15-5-2-1-3-6-15)13-33-12-17(29-31-33)20-19-21(26)27-14-28-22(19)34(30-20)16-7-4-9-32(11-16)18(35)8-10-36/h1-3,5-6,12,14,16,36H,4,7-11,13H2,(H2,26,27,28)/t16-/m1/s1. The molecule has 0 radical (unpaired) electrons. The van der Waals surface area contributed by atoms with Gasteiger partial charge in [-0.25, -0.2) is 19.3 Å². The lowest BCUT2D eigenvalue weighted by Gasteiger charge is -2.33. The van der Waals surface area contributed by atoms with Crippen molar-refractivity contribution in [1.82, 2.24) is 39.6 Å². The molecular formula is C23H25F2N9OS. The largest absolute Gasteiger partial charge is 0.383 e. The Hall–Kier alpha value is -3.61. The Balaban J connectivity index is 1.47. The van der Waals surface area contributed by atoms with E-state index >= 15 is 0 Å². The summed E-state index contributed by atoms with van der Waals surface area (Å²) in [4.78, 5) is 22.8. The molecule has 0 bridgehead atoms. The van der Waals surface area contributed by atoms with E-state index in [1.165, 1.54) is 24.7 Å². The molecule has 1 aliphatic rings. The Morgan fingerprint density at radius 3 is 2.81 bits per heavy atom. The van der Waals surface area contributed by atoms with Crippen LogP contribution >= 0.6 is 12.6 Å². The monoisotopic (exact) mass is 513 g/mol. The van der Waals surface area contributed by atoms with Crippen molar-refractivity contribution >= 4 is 35.4 Å². The quantitative estimate of drug-likeness (QED) is 0.365. The molecule has 1 amide bonds. The van der Waals surface area contributed by atoms with Crippen LogP contribution in [0, 0.1) is 0 Å².